The van der Waals surface area contributed by atoms with Gasteiger partial charge in [0, 0.05) is 39.0 Å². The van der Waals surface area contributed by atoms with Crippen LogP contribution in [0.5, 0.6) is 0 Å². The predicted octanol–water partition coefficient (Wildman–Crippen LogP) is 12.9. The third-order valence-electron chi connectivity index (χ3n) is 11.1. The van der Waals surface area contributed by atoms with Crippen molar-refractivity contribution < 1.29 is 0 Å². The predicted molar refractivity (Wildman–Crippen MR) is 216 cm³/mol. The van der Waals surface area contributed by atoms with Gasteiger partial charge in [0.2, 0.25) is 0 Å². The van der Waals surface area contributed by atoms with E-state index in [1.165, 1.54) is 83.2 Å². The molecule has 10 rings (SSSR count). The normalized spacial score (nSPS) is 16.9. The van der Waals surface area contributed by atoms with Crippen LogP contribution in [0.4, 0.5) is 0 Å². The summed E-state index contributed by atoms with van der Waals surface area (Å²) in [5, 5.41) is 3.92. The van der Waals surface area contributed by atoms with Crippen molar-refractivity contribution in [2.45, 2.75) is 25.7 Å². The third kappa shape index (κ3) is 4.71. The van der Waals surface area contributed by atoms with Crippen molar-refractivity contribution in [1.82, 2.24) is 9.13 Å². The summed E-state index contributed by atoms with van der Waals surface area (Å²) in [6.45, 7) is 2.32. The Morgan fingerprint density at radius 3 is 1.80 bits per heavy atom. The molecular formula is C49H38N2. The van der Waals surface area contributed by atoms with Gasteiger partial charge in [-0.15, -0.1) is 0 Å². The van der Waals surface area contributed by atoms with E-state index < -0.39 is 0 Å². The second kappa shape index (κ2) is 12.0. The van der Waals surface area contributed by atoms with Crippen LogP contribution in [-0.2, 0) is 6.42 Å². The molecule has 0 spiro atoms. The van der Waals surface area contributed by atoms with Gasteiger partial charge in [0.25, 0.3) is 0 Å². The van der Waals surface area contributed by atoms with Gasteiger partial charge in [-0.05, 0) is 83.0 Å². The molecule has 2 aliphatic rings. The maximum atomic E-state index is 2.56. The smallest absolute Gasteiger partial charge is 0.0541 e. The molecule has 2 nitrogen and oxygen atoms in total. The molecule has 244 valence electrons. The monoisotopic (exact) mass is 654 g/mol. The Morgan fingerprint density at radius 2 is 1.08 bits per heavy atom. The van der Waals surface area contributed by atoms with Crippen LogP contribution in [0.15, 0.2) is 170 Å². The fourth-order valence-corrected chi connectivity index (χ4v) is 8.85. The van der Waals surface area contributed by atoms with Gasteiger partial charge in [0.15, 0.2) is 0 Å². The van der Waals surface area contributed by atoms with Crippen LogP contribution in [-0.4, -0.2) is 9.13 Å². The Hall–Kier alpha value is -6.12. The first-order chi connectivity index (χ1) is 25.3. The number of benzene rings is 6. The van der Waals surface area contributed by atoms with E-state index in [1.54, 1.807) is 0 Å². The Morgan fingerprint density at radius 1 is 0.529 bits per heavy atom. The van der Waals surface area contributed by atoms with E-state index in [1.807, 2.05) is 0 Å². The van der Waals surface area contributed by atoms with E-state index in [0.29, 0.717) is 5.92 Å². The second-order valence-corrected chi connectivity index (χ2v) is 14.1. The Labute approximate surface area is 298 Å². The van der Waals surface area contributed by atoms with Crippen LogP contribution in [0.1, 0.15) is 36.1 Å². The lowest BCUT2D eigenvalue weighted by Gasteiger charge is -2.28. The summed E-state index contributed by atoms with van der Waals surface area (Å²) in [5.74, 6) is 0.731. The fourth-order valence-electron chi connectivity index (χ4n) is 8.85. The lowest BCUT2D eigenvalue weighted by Crippen LogP contribution is -2.13. The van der Waals surface area contributed by atoms with E-state index in [4.69, 9.17) is 0 Å². The van der Waals surface area contributed by atoms with Crippen LogP contribution in [0, 0.1) is 5.92 Å². The van der Waals surface area contributed by atoms with Gasteiger partial charge in [-0.1, -0.05) is 146 Å². The van der Waals surface area contributed by atoms with Gasteiger partial charge in [-0.25, -0.2) is 0 Å². The van der Waals surface area contributed by atoms with Crippen molar-refractivity contribution in [2.24, 2.45) is 5.92 Å². The van der Waals surface area contributed by atoms with Crippen molar-refractivity contribution in [2.75, 3.05) is 0 Å². The summed E-state index contributed by atoms with van der Waals surface area (Å²) in [6.07, 6.45) is 13.7. The number of hydrogen-bond donors (Lipinski definition) is 0. The van der Waals surface area contributed by atoms with Gasteiger partial charge in [-0.3, -0.25) is 0 Å². The fraction of sp³-hybridized carbons (Fsp3) is 0.102. The number of rotatable bonds is 5. The van der Waals surface area contributed by atoms with E-state index in [-0.39, 0.29) is 5.92 Å². The van der Waals surface area contributed by atoms with Crippen LogP contribution in [0.3, 0.4) is 0 Å². The highest BCUT2D eigenvalue weighted by molar-refractivity contribution is 6.10. The maximum Gasteiger partial charge on any atom is 0.0541 e. The summed E-state index contributed by atoms with van der Waals surface area (Å²) in [4.78, 5) is 0. The van der Waals surface area contributed by atoms with Crippen molar-refractivity contribution in [3.05, 3.63) is 187 Å². The SMILES string of the molecule is CC1C=Cc2c(c3ccccc3n2C2=CC=CCC2c2ccccc2-c2ccccc2-c2ccccc2-n2c3ccccc3c3ccccc32)C1. The van der Waals surface area contributed by atoms with E-state index in [0.717, 1.165) is 12.8 Å². The first-order valence-electron chi connectivity index (χ1n) is 18.2. The Kier molecular flexibility index (Phi) is 7.02. The molecule has 2 unspecified atom stereocenters. The highest BCUT2D eigenvalue weighted by Gasteiger charge is 2.28. The first-order valence-corrected chi connectivity index (χ1v) is 18.2. The molecule has 0 bridgehead atoms. The topological polar surface area (TPSA) is 9.86 Å². The zero-order valence-corrected chi connectivity index (χ0v) is 28.7. The van der Waals surface area contributed by atoms with Crippen LogP contribution < -0.4 is 0 Å². The molecule has 6 aromatic carbocycles. The molecule has 2 atom stereocenters. The largest absolute Gasteiger partial charge is 0.313 e. The van der Waals surface area contributed by atoms with Gasteiger partial charge < -0.3 is 9.13 Å². The molecule has 51 heavy (non-hydrogen) atoms. The van der Waals surface area contributed by atoms with Crippen molar-refractivity contribution in [3.8, 4) is 27.9 Å². The third-order valence-corrected chi connectivity index (χ3v) is 11.1. The van der Waals surface area contributed by atoms with E-state index >= 15 is 0 Å². The summed E-state index contributed by atoms with van der Waals surface area (Å²) in [7, 11) is 0. The Bertz CT molecular complexity index is 2670. The molecule has 8 aromatic rings. The van der Waals surface area contributed by atoms with Gasteiger partial charge in [-0.2, -0.15) is 0 Å². The van der Waals surface area contributed by atoms with Gasteiger partial charge >= 0.3 is 0 Å². The summed E-state index contributed by atoms with van der Waals surface area (Å²) < 4.78 is 5.01. The van der Waals surface area contributed by atoms with Gasteiger partial charge in [0.05, 0.1) is 22.2 Å². The molecular weight excluding hydrogens is 617 g/mol. The highest BCUT2D eigenvalue weighted by atomic mass is 15.0. The minimum absolute atomic E-state index is 0.194. The average molecular weight is 655 g/mol. The average Bonchev–Trinajstić information content (AvgIpc) is 3.70. The lowest BCUT2D eigenvalue weighted by molar-refractivity contribution is 0.715. The molecule has 0 amide bonds. The zero-order chi connectivity index (χ0) is 33.9. The molecule has 0 radical (unpaired) electrons. The minimum atomic E-state index is 0.194. The quantitative estimate of drug-likeness (QED) is 0.175. The molecule has 2 heterocycles. The summed E-state index contributed by atoms with van der Waals surface area (Å²) >= 11 is 0. The molecule has 2 aliphatic carbocycles. The zero-order valence-electron chi connectivity index (χ0n) is 28.7. The Balaban J connectivity index is 1.16. The van der Waals surface area contributed by atoms with E-state index in [2.05, 4.69) is 192 Å². The van der Waals surface area contributed by atoms with Crippen molar-refractivity contribution >= 4 is 44.5 Å². The molecule has 0 N–H and O–H groups in total. The lowest BCUT2D eigenvalue weighted by atomic mass is 9.82. The maximum absolute atomic E-state index is 2.56. The number of allylic oxidation sites excluding steroid dienone is 5. The molecule has 2 aromatic heterocycles. The number of fused-ring (bicyclic) bond motifs is 6. The molecule has 0 saturated carbocycles. The van der Waals surface area contributed by atoms with E-state index in [9.17, 15) is 0 Å². The number of nitrogens with zero attached hydrogens (tertiary/aromatic N) is 2. The van der Waals surface area contributed by atoms with Crippen molar-refractivity contribution in [3.63, 3.8) is 0 Å². The summed E-state index contributed by atoms with van der Waals surface area (Å²) in [6, 6.07) is 53.6. The molecule has 0 saturated heterocycles. The summed E-state index contributed by atoms with van der Waals surface area (Å²) in [5.41, 5.74) is 15.4. The standard InChI is InChI=1S/C49H38N2/c1-33-30-31-49-43(32-33)42-24-10-15-29-48(42)51(49)45-26-12-7-21-39(45)37-19-5-3-17-35(37)34-16-2-4-18-36(34)38-20-6-11-25-44(38)50-46-27-13-8-22-40(46)41-23-9-14-28-47(41)50/h2-20,22-31,33,39H,21,32H2,1H3. The number of aromatic nitrogens is 2. The minimum Gasteiger partial charge on any atom is -0.313 e. The van der Waals surface area contributed by atoms with Crippen LogP contribution >= 0.6 is 0 Å². The highest BCUT2D eigenvalue weighted by Crippen LogP contribution is 2.46. The van der Waals surface area contributed by atoms with Crippen molar-refractivity contribution in [1.29, 1.82) is 0 Å². The number of hydrogen-bond acceptors (Lipinski definition) is 0. The first kappa shape index (κ1) is 29.8. The second-order valence-electron chi connectivity index (χ2n) is 14.1. The van der Waals surface area contributed by atoms with Gasteiger partial charge in [0.1, 0.15) is 0 Å². The molecule has 2 heteroatoms. The van der Waals surface area contributed by atoms with Crippen LogP contribution in [0.2, 0.25) is 0 Å². The van der Waals surface area contributed by atoms with Crippen LogP contribution in [0.25, 0.3) is 72.4 Å². The molecule has 0 fully saturated rings. The number of para-hydroxylation sites is 4. The molecule has 0 aliphatic heterocycles.